The Labute approximate surface area is 155 Å². The molecule has 0 N–H and O–H groups in total. The van der Waals surface area contributed by atoms with Crippen LogP contribution in [0.1, 0.15) is 17.3 Å². The van der Waals surface area contributed by atoms with Crippen molar-refractivity contribution in [2.45, 2.75) is 6.92 Å². The van der Waals surface area contributed by atoms with Gasteiger partial charge in [-0.15, -0.1) is 0 Å². The number of esters is 1. The lowest BCUT2D eigenvalue weighted by Gasteiger charge is -2.11. The third-order valence-corrected chi connectivity index (χ3v) is 4.13. The normalized spacial score (nSPS) is 10.3. The highest BCUT2D eigenvalue weighted by molar-refractivity contribution is 9.10. The number of carbonyl (C=O) groups excluding carboxylic acids is 1. The molecule has 25 heavy (non-hydrogen) atoms. The summed E-state index contributed by atoms with van der Waals surface area (Å²) in [7, 11) is 0. The van der Waals surface area contributed by atoms with Gasteiger partial charge in [0.15, 0.2) is 0 Å². The lowest BCUT2D eigenvalue weighted by atomic mass is 10.1. The zero-order chi connectivity index (χ0) is 17.6. The molecular formula is C21H17BrO3. The second kappa shape index (κ2) is 7.99. The van der Waals surface area contributed by atoms with Crippen molar-refractivity contribution in [3.63, 3.8) is 0 Å². The molecule has 0 aliphatic rings. The van der Waals surface area contributed by atoms with Crippen LogP contribution in [0.2, 0.25) is 0 Å². The first-order valence-electron chi connectivity index (χ1n) is 7.97. The van der Waals surface area contributed by atoms with Gasteiger partial charge in [0.05, 0.1) is 6.61 Å². The van der Waals surface area contributed by atoms with E-state index in [2.05, 4.69) is 15.9 Å². The summed E-state index contributed by atoms with van der Waals surface area (Å²) in [6.45, 7) is 2.35. The minimum Gasteiger partial charge on any atom is -0.493 e. The first kappa shape index (κ1) is 17.2. The van der Waals surface area contributed by atoms with Crippen molar-refractivity contribution in [3.8, 4) is 22.6 Å². The van der Waals surface area contributed by atoms with Gasteiger partial charge < -0.3 is 9.47 Å². The largest absolute Gasteiger partial charge is 0.493 e. The highest BCUT2D eigenvalue weighted by Crippen LogP contribution is 2.26. The van der Waals surface area contributed by atoms with Crippen molar-refractivity contribution in [3.05, 3.63) is 82.8 Å². The van der Waals surface area contributed by atoms with Crippen LogP contribution in [0.3, 0.4) is 0 Å². The average Bonchev–Trinajstić information content (AvgIpc) is 2.64. The molecule has 0 amide bonds. The Kier molecular flexibility index (Phi) is 5.51. The zero-order valence-corrected chi connectivity index (χ0v) is 15.3. The van der Waals surface area contributed by atoms with Gasteiger partial charge in [-0.2, -0.15) is 0 Å². The van der Waals surface area contributed by atoms with Gasteiger partial charge in [-0.05, 0) is 48.4 Å². The molecule has 0 heterocycles. The van der Waals surface area contributed by atoms with Gasteiger partial charge in [0.2, 0.25) is 0 Å². The van der Waals surface area contributed by atoms with E-state index < -0.39 is 5.97 Å². The van der Waals surface area contributed by atoms with E-state index in [1.54, 1.807) is 24.3 Å². The molecule has 0 aliphatic heterocycles. The van der Waals surface area contributed by atoms with Crippen LogP contribution >= 0.6 is 15.9 Å². The van der Waals surface area contributed by atoms with E-state index in [0.29, 0.717) is 23.7 Å². The molecule has 0 atom stereocenters. The summed E-state index contributed by atoms with van der Waals surface area (Å²) in [6.07, 6.45) is 0. The quantitative estimate of drug-likeness (QED) is 0.407. The van der Waals surface area contributed by atoms with Crippen LogP contribution in [0.25, 0.3) is 11.1 Å². The Morgan fingerprint density at radius 1 is 0.920 bits per heavy atom. The predicted octanol–water partition coefficient (Wildman–Crippen LogP) is 5.73. The molecule has 3 aromatic carbocycles. The van der Waals surface area contributed by atoms with Crippen LogP contribution in [-0.4, -0.2) is 12.6 Å². The highest BCUT2D eigenvalue weighted by Gasteiger charge is 2.15. The fourth-order valence-corrected chi connectivity index (χ4v) is 2.81. The minimum atomic E-state index is -0.447. The van der Waals surface area contributed by atoms with Crippen LogP contribution < -0.4 is 9.47 Å². The van der Waals surface area contributed by atoms with E-state index in [-0.39, 0.29) is 0 Å². The van der Waals surface area contributed by atoms with Gasteiger partial charge in [0.25, 0.3) is 0 Å². The SMILES string of the molecule is CCOc1ccc(Br)cc1C(=O)Oc1ccc(-c2ccccc2)cc1. The fraction of sp³-hybridized carbons (Fsp3) is 0.0952. The number of ether oxygens (including phenoxy) is 2. The Balaban J connectivity index is 1.79. The van der Waals surface area contributed by atoms with Gasteiger partial charge in [0.1, 0.15) is 17.1 Å². The molecular weight excluding hydrogens is 380 g/mol. The summed E-state index contributed by atoms with van der Waals surface area (Å²) >= 11 is 3.37. The molecule has 4 heteroatoms. The van der Waals surface area contributed by atoms with Crippen molar-refractivity contribution >= 4 is 21.9 Å². The molecule has 0 bridgehead atoms. The monoisotopic (exact) mass is 396 g/mol. The van der Waals surface area contributed by atoms with E-state index in [1.807, 2.05) is 55.5 Å². The Hall–Kier alpha value is -2.59. The molecule has 126 valence electrons. The number of hydrogen-bond acceptors (Lipinski definition) is 3. The molecule has 0 aliphatic carbocycles. The van der Waals surface area contributed by atoms with Crippen molar-refractivity contribution in [1.82, 2.24) is 0 Å². The number of halogens is 1. The van der Waals surface area contributed by atoms with Crippen molar-refractivity contribution in [1.29, 1.82) is 0 Å². The van der Waals surface area contributed by atoms with Gasteiger partial charge in [-0.25, -0.2) is 4.79 Å². The average molecular weight is 397 g/mol. The second-order valence-electron chi connectivity index (χ2n) is 5.35. The lowest BCUT2D eigenvalue weighted by molar-refractivity contribution is 0.0730. The third kappa shape index (κ3) is 4.28. The number of benzene rings is 3. The van der Waals surface area contributed by atoms with Crippen molar-refractivity contribution < 1.29 is 14.3 Å². The maximum Gasteiger partial charge on any atom is 0.347 e. The number of carbonyl (C=O) groups is 1. The summed E-state index contributed by atoms with van der Waals surface area (Å²) in [5.74, 6) is 0.556. The predicted molar refractivity (Wildman–Crippen MR) is 102 cm³/mol. The maximum absolute atomic E-state index is 12.5. The molecule has 0 radical (unpaired) electrons. The summed E-state index contributed by atoms with van der Waals surface area (Å²) in [5.41, 5.74) is 2.58. The summed E-state index contributed by atoms with van der Waals surface area (Å²) in [5, 5.41) is 0. The Morgan fingerprint density at radius 2 is 1.60 bits per heavy atom. The molecule has 0 saturated carbocycles. The van der Waals surface area contributed by atoms with E-state index in [9.17, 15) is 4.79 Å². The van der Waals surface area contributed by atoms with E-state index in [1.165, 1.54) is 0 Å². The standard InChI is InChI=1S/C21H17BrO3/c1-2-24-20-13-10-17(22)14-19(20)21(23)25-18-11-8-16(9-12-18)15-6-4-3-5-7-15/h3-14H,2H2,1H3. The van der Waals surface area contributed by atoms with Gasteiger partial charge >= 0.3 is 5.97 Å². The highest BCUT2D eigenvalue weighted by atomic mass is 79.9. The van der Waals surface area contributed by atoms with E-state index in [0.717, 1.165) is 15.6 Å². The minimum absolute atomic E-state index is 0.392. The Morgan fingerprint density at radius 3 is 2.28 bits per heavy atom. The van der Waals surface area contributed by atoms with Crippen LogP contribution in [0.5, 0.6) is 11.5 Å². The van der Waals surface area contributed by atoms with Gasteiger partial charge in [0, 0.05) is 4.47 Å². The van der Waals surface area contributed by atoms with Crippen LogP contribution in [-0.2, 0) is 0 Å². The van der Waals surface area contributed by atoms with Gasteiger partial charge in [-0.1, -0.05) is 58.4 Å². The molecule has 3 aromatic rings. The molecule has 0 aromatic heterocycles. The van der Waals surface area contributed by atoms with E-state index >= 15 is 0 Å². The topological polar surface area (TPSA) is 35.5 Å². The van der Waals surface area contributed by atoms with Gasteiger partial charge in [-0.3, -0.25) is 0 Å². The molecule has 0 saturated heterocycles. The number of rotatable bonds is 5. The fourth-order valence-electron chi connectivity index (χ4n) is 2.45. The first-order chi connectivity index (χ1) is 12.2. The van der Waals surface area contributed by atoms with Crippen LogP contribution in [0.4, 0.5) is 0 Å². The molecule has 3 nitrogen and oxygen atoms in total. The first-order valence-corrected chi connectivity index (χ1v) is 8.76. The van der Waals surface area contributed by atoms with Crippen LogP contribution in [0, 0.1) is 0 Å². The van der Waals surface area contributed by atoms with Crippen LogP contribution in [0.15, 0.2) is 77.3 Å². The number of hydrogen-bond donors (Lipinski definition) is 0. The zero-order valence-electron chi connectivity index (χ0n) is 13.7. The lowest BCUT2D eigenvalue weighted by Crippen LogP contribution is -2.11. The van der Waals surface area contributed by atoms with Crippen molar-refractivity contribution in [2.75, 3.05) is 6.61 Å². The summed E-state index contributed by atoms with van der Waals surface area (Å²) in [4.78, 5) is 12.5. The Bertz CT molecular complexity index is 858. The molecule has 3 rings (SSSR count). The third-order valence-electron chi connectivity index (χ3n) is 3.63. The molecule has 0 fully saturated rings. The molecule has 0 unspecified atom stereocenters. The smallest absolute Gasteiger partial charge is 0.347 e. The van der Waals surface area contributed by atoms with Crippen molar-refractivity contribution in [2.24, 2.45) is 0 Å². The summed E-state index contributed by atoms with van der Waals surface area (Å²) < 4.78 is 11.8. The van der Waals surface area contributed by atoms with E-state index in [4.69, 9.17) is 9.47 Å². The molecule has 0 spiro atoms. The maximum atomic E-state index is 12.5. The summed E-state index contributed by atoms with van der Waals surface area (Å²) in [6, 6.07) is 22.8. The second-order valence-corrected chi connectivity index (χ2v) is 6.27.